The zero-order valence-corrected chi connectivity index (χ0v) is 15.1. The van der Waals surface area contributed by atoms with Crippen LogP contribution < -0.4 is 0 Å². The van der Waals surface area contributed by atoms with Gasteiger partial charge in [-0.05, 0) is 68.1 Å². The highest BCUT2D eigenvalue weighted by Crippen LogP contribution is 2.64. The van der Waals surface area contributed by atoms with E-state index in [0.717, 1.165) is 37.0 Å². The number of hydrogen-bond donors (Lipinski definition) is 0. The summed E-state index contributed by atoms with van der Waals surface area (Å²) in [5, 5.41) is 0. The molecule has 0 N–H and O–H groups in total. The van der Waals surface area contributed by atoms with Crippen LogP contribution in [0.25, 0.3) is 0 Å². The van der Waals surface area contributed by atoms with E-state index in [1.54, 1.807) is 11.8 Å². The Morgan fingerprint density at radius 1 is 1.04 bits per heavy atom. The number of thioether (sulfide) groups is 1. The molecule has 3 fully saturated rings. The highest BCUT2D eigenvalue weighted by Gasteiger charge is 2.61. The van der Waals surface area contributed by atoms with Crippen LogP contribution in [0.4, 0.5) is 0 Å². The van der Waals surface area contributed by atoms with Crippen molar-refractivity contribution in [3.63, 3.8) is 0 Å². The maximum Gasteiger partial charge on any atom is 0.312 e. The number of carbonyl (C=O) groups excluding carboxylic acids is 2. The Labute approximate surface area is 142 Å². The van der Waals surface area contributed by atoms with Gasteiger partial charge in [0, 0.05) is 17.2 Å². The van der Waals surface area contributed by atoms with Crippen molar-refractivity contribution >= 4 is 23.5 Å². The first-order valence-corrected chi connectivity index (χ1v) is 10.1. The summed E-state index contributed by atoms with van der Waals surface area (Å²) < 4.78 is 5.47. The Kier molecular flexibility index (Phi) is 3.50. The van der Waals surface area contributed by atoms with Crippen molar-refractivity contribution in [2.24, 2.45) is 28.6 Å². The quantitative estimate of drug-likeness (QED) is 0.681. The maximum atomic E-state index is 12.3. The summed E-state index contributed by atoms with van der Waals surface area (Å²) in [6.45, 7) is 5.12. The lowest BCUT2D eigenvalue weighted by atomic mass is 9.47. The number of ether oxygens (including phenoxy) is 1. The number of carbonyl (C=O) groups is 2. The lowest BCUT2D eigenvalue weighted by Crippen LogP contribution is -2.51. The van der Waals surface area contributed by atoms with E-state index in [1.165, 1.54) is 5.57 Å². The zero-order valence-electron chi connectivity index (χ0n) is 14.3. The predicted octanol–water partition coefficient (Wildman–Crippen LogP) is 3.97. The third kappa shape index (κ3) is 1.96. The molecule has 3 nitrogen and oxygen atoms in total. The Balaban J connectivity index is 1.73. The van der Waals surface area contributed by atoms with Crippen LogP contribution in [-0.2, 0) is 14.3 Å². The van der Waals surface area contributed by atoms with Crippen LogP contribution in [0.1, 0.15) is 52.4 Å². The van der Waals surface area contributed by atoms with Crippen LogP contribution in [0.5, 0.6) is 0 Å². The fraction of sp³-hybridized carbons (Fsp3) is 0.789. The van der Waals surface area contributed by atoms with Gasteiger partial charge in [-0.15, -0.1) is 11.8 Å². The summed E-state index contributed by atoms with van der Waals surface area (Å²) in [5.41, 5.74) is 1.32. The average molecular weight is 334 g/mol. The summed E-state index contributed by atoms with van der Waals surface area (Å²) in [6.07, 6.45) is 7.91. The van der Waals surface area contributed by atoms with Crippen LogP contribution in [0.15, 0.2) is 10.5 Å². The molecule has 0 unspecified atom stereocenters. The molecule has 0 aromatic carbocycles. The number of esters is 1. The van der Waals surface area contributed by atoms with E-state index in [1.807, 2.05) is 6.26 Å². The number of allylic oxidation sites excluding steroid dienone is 2. The van der Waals surface area contributed by atoms with Gasteiger partial charge in [0.05, 0.1) is 12.0 Å². The molecule has 0 radical (unpaired) electrons. The number of hydrogen-bond acceptors (Lipinski definition) is 4. The molecule has 4 rings (SSSR count). The molecule has 23 heavy (non-hydrogen) atoms. The molecule has 5 atom stereocenters. The zero-order chi connectivity index (χ0) is 16.4. The normalized spacial score (nSPS) is 46.1. The lowest BCUT2D eigenvalue weighted by molar-refractivity contribution is -0.148. The van der Waals surface area contributed by atoms with E-state index in [9.17, 15) is 9.59 Å². The van der Waals surface area contributed by atoms with Gasteiger partial charge in [0.2, 0.25) is 0 Å². The first-order chi connectivity index (χ1) is 10.9. The number of ketones is 1. The second-order valence-corrected chi connectivity index (χ2v) is 9.14. The first kappa shape index (κ1) is 15.7. The molecule has 0 amide bonds. The average Bonchev–Trinajstić information content (AvgIpc) is 2.83. The van der Waals surface area contributed by atoms with Gasteiger partial charge in [-0.3, -0.25) is 9.59 Å². The fourth-order valence-electron chi connectivity index (χ4n) is 6.11. The first-order valence-electron chi connectivity index (χ1n) is 8.90. The molecular formula is C19H26O3S. The van der Waals surface area contributed by atoms with Crippen molar-refractivity contribution in [3.8, 4) is 0 Å². The minimum Gasteiger partial charge on any atom is -0.465 e. The Morgan fingerprint density at radius 2 is 1.83 bits per heavy atom. The molecule has 3 aliphatic carbocycles. The second-order valence-electron chi connectivity index (χ2n) is 8.32. The fourth-order valence-corrected chi connectivity index (χ4v) is 7.03. The summed E-state index contributed by atoms with van der Waals surface area (Å²) in [7, 11) is 0. The van der Waals surface area contributed by atoms with E-state index in [-0.39, 0.29) is 16.8 Å². The summed E-state index contributed by atoms with van der Waals surface area (Å²) in [5.74, 6) is 1.93. The van der Waals surface area contributed by atoms with E-state index >= 15 is 0 Å². The van der Waals surface area contributed by atoms with Crippen molar-refractivity contribution in [1.82, 2.24) is 0 Å². The number of rotatable bonds is 1. The monoisotopic (exact) mass is 334 g/mol. The molecule has 0 aromatic rings. The number of cyclic esters (lactones) is 1. The molecule has 1 aliphatic heterocycles. The smallest absolute Gasteiger partial charge is 0.312 e. The highest BCUT2D eigenvalue weighted by atomic mass is 32.2. The van der Waals surface area contributed by atoms with E-state index in [4.69, 9.17) is 4.74 Å². The van der Waals surface area contributed by atoms with Gasteiger partial charge in [0.15, 0.2) is 5.78 Å². The molecule has 2 saturated carbocycles. The van der Waals surface area contributed by atoms with Gasteiger partial charge >= 0.3 is 5.97 Å². The minimum atomic E-state index is -0.258. The standard InChI is InChI=1S/C19H26O3S/c1-18-9-7-15(20)16(23-3)13(18)5-4-11-12(18)6-8-19(2)14(11)10-22-17(19)21/h11-12,14H,4-10H2,1-3H3/t11-,12+,14+,18-,19+/m1/s1. The summed E-state index contributed by atoms with van der Waals surface area (Å²) in [6, 6.07) is 0. The van der Waals surface area contributed by atoms with Gasteiger partial charge in [-0.1, -0.05) is 6.92 Å². The van der Waals surface area contributed by atoms with Crippen LogP contribution >= 0.6 is 11.8 Å². The summed E-state index contributed by atoms with van der Waals surface area (Å²) in [4.78, 5) is 25.6. The molecule has 1 heterocycles. The molecule has 4 aliphatic rings. The van der Waals surface area contributed by atoms with E-state index in [2.05, 4.69) is 13.8 Å². The van der Waals surface area contributed by atoms with Gasteiger partial charge < -0.3 is 4.74 Å². The van der Waals surface area contributed by atoms with Crippen LogP contribution in [0, 0.1) is 28.6 Å². The summed E-state index contributed by atoms with van der Waals surface area (Å²) >= 11 is 1.65. The molecule has 0 spiro atoms. The topological polar surface area (TPSA) is 43.4 Å². The molecule has 1 saturated heterocycles. The predicted molar refractivity (Wildman–Crippen MR) is 90.9 cm³/mol. The largest absolute Gasteiger partial charge is 0.465 e. The molecular weight excluding hydrogens is 308 g/mol. The minimum absolute atomic E-state index is 0.0241. The van der Waals surface area contributed by atoms with Gasteiger partial charge in [-0.2, -0.15) is 0 Å². The van der Waals surface area contributed by atoms with Gasteiger partial charge in [0.1, 0.15) is 0 Å². The van der Waals surface area contributed by atoms with Crippen LogP contribution in [0.2, 0.25) is 0 Å². The number of fused-ring (bicyclic) bond motifs is 5. The Bertz CT molecular complexity index is 610. The number of Topliss-reactive ketones (excluding diaryl/α,β-unsaturated/α-hetero) is 1. The third-order valence-corrected chi connectivity index (χ3v) is 8.41. The molecule has 126 valence electrons. The Hall–Kier alpha value is -0.770. The highest BCUT2D eigenvalue weighted by molar-refractivity contribution is 8.03. The molecule has 0 bridgehead atoms. The van der Waals surface area contributed by atoms with Crippen LogP contribution in [-0.4, -0.2) is 24.6 Å². The SMILES string of the molecule is CSC1=C2CC[C@@H]3[C@H](CC[C@]4(C)C(=O)OC[C@@H]34)[C@@]2(C)CCC1=O. The van der Waals surface area contributed by atoms with Crippen molar-refractivity contribution in [1.29, 1.82) is 0 Å². The van der Waals surface area contributed by atoms with E-state index < -0.39 is 0 Å². The van der Waals surface area contributed by atoms with E-state index in [0.29, 0.717) is 36.6 Å². The Morgan fingerprint density at radius 3 is 2.57 bits per heavy atom. The lowest BCUT2D eigenvalue weighted by Gasteiger charge is -2.56. The second kappa shape index (κ2) is 5.11. The van der Waals surface area contributed by atoms with Crippen LogP contribution in [0.3, 0.4) is 0 Å². The van der Waals surface area contributed by atoms with Gasteiger partial charge in [0.25, 0.3) is 0 Å². The van der Waals surface area contributed by atoms with Gasteiger partial charge in [-0.25, -0.2) is 0 Å². The maximum absolute atomic E-state index is 12.3. The molecule has 0 aromatic heterocycles. The van der Waals surface area contributed by atoms with Crippen molar-refractivity contribution in [2.45, 2.75) is 52.4 Å². The van der Waals surface area contributed by atoms with Crippen molar-refractivity contribution < 1.29 is 14.3 Å². The third-order valence-electron chi connectivity index (χ3n) is 7.53. The van der Waals surface area contributed by atoms with Crippen molar-refractivity contribution in [2.75, 3.05) is 12.9 Å². The van der Waals surface area contributed by atoms with Crippen molar-refractivity contribution in [3.05, 3.63) is 10.5 Å². The molecule has 4 heteroatoms.